The fourth-order valence-electron chi connectivity index (χ4n) is 2.18. The first-order valence-corrected chi connectivity index (χ1v) is 7.15. The molecular formula is C14H25NS. The van der Waals surface area contributed by atoms with E-state index in [1.54, 1.807) is 0 Å². The van der Waals surface area contributed by atoms with Crippen LogP contribution < -0.4 is 5.32 Å². The summed E-state index contributed by atoms with van der Waals surface area (Å²) in [5.41, 5.74) is 1.52. The van der Waals surface area contributed by atoms with Crippen LogP contribution >= 0.6 is 11.3 Å². The van der Waals surface area contributed by atoms with Crippen LogP contribution in [0.2, 0.25) is 0 Å². The Hall–Kier alpha value is -0.340. The summed E-state index contributed by atoms with van der Waals surface area (Å²) in [7, 11) is 0. The predicted molar refractivity (Wildman–Crippen MR) is 74.4 cm³/mol. The van der Waals surface area contributed by atoms with Crippen molar-refractivity contribution >= 4 is 11.3 Å². The summed E-state index contributed by atoms with van der Waals surface area (Å²) in [6, 6.07) is 3.00. The molecule has 1 unspecified atom stereocenters. The van der Waals surface area contributed by atoms with Gasteiger partial charge >= 0.3 is 0 Å². The highest BCUT2D eigenvalue weighted by atomic mass is 32.1. The first kappa shape index (κ1) is 13.7. The van der Waals surface area contributed by atoms with E-state index in [2.05, 4.69) is 46.0 Å². The van der Waals surface area contributed by atoms with E-state index in [9.17, 15) is 0 Å². The minimum Gasteiger partial charge on any atom is -0.313 e. The van der Waals surface area contributed by atoms with Crippen LogP contribution in [-0.2, 0) is 6.42 Å². The van der Waals surface area contributed by atoms with Crippen LogP contribution in [0.3, 0.4) is 0 Å². The smallest absolute Gasteiger partial charge is 0.00875 e. The molecule has 0 aromatic carbocycles. The van der Waals surface area contributed by atoms with Crippen molar-refractivity contribution in [2.75, 3.05) is 6.54 Å². The average molecular weight is 239 g/mol. The quantitative estimate of drug-likeness (QED) is 0.793. The Bertz CT molecular complexity index is 315. The predicted octanol–water partition coefficient (Wildman–Crippen LogP) is 3.93. The first-order valence-electron chi connectivity index (χ1n) is 6.33. The van der Waals surface area contributed by atoms with Crippen molar-refractivity contribution in [1.29, 1.82) is 0 Å². The molecule has 0 fully saturated rings. The van der Waals surface area contributed by atoms with Crippen LogP contribution in [0.1, 0.15) is 42.5 Å². The zero-order chi connectivity index (χ0) is 12.1. The van der Waals surface area contributed by atoms with Crippen molar-refractivity contribution in [3.05, 3.63) is 21.4 Å². The van der Waals surface area contributed by atoms with Gasteiger partial charge in [0, 0.05) is 15.8 Å². The van der Waals surface area contributed by atoms with Gasteiger partial charge in [-0.25, -0.2) is 0 Å². The number of thiophene rings is 1. The van der Waals surface area contributed by atoms with Gasteiger partial charge in [-0.1, -0.05) is 20.8 Å². The van der Waals surface area contributed by atoms with Crippen molar-refractivity contribution in [1.82, 2.24) is 5.32 Å². The second-order valence-electron chi connectivity index (χ2n) is 4.90. The van der Waals surface area contributed by atoms with E-state index in [0.717, 1.165) is 12.5 Å². The Balaban J connectivity index is 2.38. The summed E-state index contributed by atoms with van der Waals surface area (Å²) in [5, 5.41) is 3.66. The van der Waals surface area contributed by atoms with Crippen LogP contribution in [0.4, 0.5) is 0 Å². The molecule has 0 spiro atoms. The third kappa shape index (κ3) is 3.91. The van der Waals surface area contributed by atoms with Crippen LogP contribution in [0, 0.1) is 19.8 Å². The molecule has 0 amide bonds. The number of hydrogen-bond acceptors (Lipinski definition) is 2. The molecule has 1 N–H and O–H groups in total. The molecule has 0 saturated carbocycles. The second kappa shape index (κ2) is 6.41. The Labute approximate surface area is 104 Å². The monoisotopic (exact) mass is 239 g/mol. The molecule has 0 aliphatic heterocycles. The summed E-state index contributed by atoms with van der Waals surface area (Å²) in [6.07, 6.45) is 2.39. The summed E-state index contributed by atoms with van der Waals surface area (Å²) >= 11 is 1.91. The van der Waals surface area contributed by atoms with Crippen molar-refractivity contribution in [2.24, 2.45) is 5.92 Å². The highest BCUT2D eigenvalue weighted by Crippen LogP contribution is 2.20. The van der Waals surface area contributed by atoms with Gasteiger partial charge in [0.05, 0.1) is 0 Å². The zero-order valence-electron chi connectivity index (χ0n) is 11.3. The molecule has 0 aliphatic rings. The van der Waals surface area contributed by atoms with Crippen LogP contribution in [-0.4, -0.2) is 12.6 Å². The zero-order valence-corrected chi connectivity index (χ0v) is 12.1. The SMILES string of the molecule is CCC(NCCc1cc(C)sc1C)C(C)C. The van der Waals surface area contributed by atoms with Crippen LogP contribution in [0.15, 0.2) is 6.07 Å². The van der Waals surface area contributed by atoms with Gasteiger partial charge in [-0.3, -0.25) is 0 Å². The molecule has 1 rings (SSSR count). The lowest BCUT2D eigenvalue weighted by atomic mass is 10.0. The molecule has 1 atom stereocenters. The van der Waals surface area contributed by atoms with E-state index in [0.29, 0.717) is 6.04 Å². The molecule has 1 aromatic rings. The van der Waals surface area contributed by atoms with Gasteiger partial charge in [-0.05, 0) is 50.8 Å². The van der Waals surface area contributed by atoms with Gasteiger partial charge in [0.25, 0.3) is 0 Å². The highest BCUT2D eigenvalue weighted by molar-refractivity contribution is 7.12. The van der Waals surface area contributed by atoms with Gasteiger partial charge in [0.2, 0.25) is 0 Å². The summed E-state index contributed by atoms with van der Waals surface area (Å²) in [6.45, 7) is 12.4. The minimum absolute atomic E-state index is 0.667. The second-order valence-corrected chi connectivity index (χ2v) is 6.36. The summed E-state index contributed by atoms with van der Waals surface area (Å²) < 4.78 is 0. The topological polar surface area (TPSA) is 12.0 Å². The standard InChI is InChI=1S/C14H25NS/c1-6-14(10(2)3)15-8-7-13-9-11(4)16-12(13)5/h9-10,14-15H,6-8H2,1-5H3. The lowest BCUT2D eigenvalue weighted by Crippen LogP contribution is -2.34. The maximum atomic E-state index is 3.66. The summed E-state index contributed by atoms with van der Waals surface area (Å²) in [5.74, 6) is 0.732. The van der Waals surface area contributed by atoms with E-state index in [1.807, 2.05) is 11.3 Å². The van der Waals surface area contributed by atoms with E-state index >= 15 is 0 Å². The van der Waals surface area contributed by atoms with Gasteiger partial charge in [-0.2, -0.15) is 0 Å². The maximum Gasteiger partial charge on any atom is 0.00875 e. The van der Waals surface area contributed by atoms with E-state index < -0.39 is 0 Å². The molecule has 16 heavy (non-hydrogen) atoms. The molecule has 0 saturated heterocycles. The van der Waals surface area contributed by atoms with Gasteiger partial charge in [0.1, 0.15) is 0 Å². The number of aryl methyl sites for hydroxylation is 2. The molecule has 2 heteroatoms. The maximum absolute atomic E-state index is 3.66. The van der Waals surface area contributed by atoms with E-state index in [1.165, 1.54) is 28.2 Å². The van der Waals surface area contributed by atoms with Crippen molar-refractivity contribution in [3.8, 4) is 0 Å². The highest BCUT2D eigenvalue weighted by Gasteiger charge is 2.10. The summed E-state index contributed by atoms with van der Waals surface area (Å²) in [4.78, 5) is 2.92. The van der Waals surface area contributed by atoms with Crippen molar-refractivity contribution < 1.29 is 0 Å². The van der Waals surface area contributed by atoms with Gasteiger partial charge in [-0.15, -0.1) is 11.3 Å². The van der Waals surface area contributed by atoms with Gasteiger partial charge in [0.15, 0.2) is 0 Å². The van der Waals surface area contributed by atoms with Gasteiger partial charge < -0.3 is 5.32 Å². The fourth-order valence-corrected chi connectivity index (χ4v) is 3.15. The number of rotatable bonds is 6. The molecule has 1 heterocycles. The molecule has 92 valence electrons. The lowest BCUT2D eigenvalue weighted by molar-refractivity contribution is 0.391. The van der Waals surface area contributed by atoms with E-state index in [4.69, 9.17) is 0 Å². The molecule has 0 bridgehead atoms. The van der Waals surface area contributed by atoms with Crippen LogP contribution in [0.5, 0.6) is 0 Å². The number of nitrogens with one attached hydrogen (secondary N) is 1. The molecule has 0 radical (unpaired) electrons. The Morgan fingerprint density at radius 3 is 2.44 bits per heavy atom. The normalized spacial score (nSPS) is 13.4. The minimum atomic E-state index is 0.667. The third-order valence-electron chi connectivity index (χ3n) is 3.19. The Morgan fingerprint density at radius 1 is 1.31 bits per heavy atom. The lowest BCUT2D eigenvalue weighted by Gasteiger charge is -2.20. The van der Waals surface area contributed by atoms with Crippen LogP contribution in [0.25, 0.3) is 0 Å². The largest absolute Gasteiger partial charge is 0.313 e. The van der Waals surface area contributed by atoms with E-state index in [-0.39, 0.29) is 0 Å². The molecular weight excluding hydrogens is 214 g/mol. The molecule has 0 aliphatic carbocycles. The molecule has 1 aromatic heterocycles. The third-order valence-corrected chi connectivity index (χ3v) is 4.20. The van der Waals surface area contributed by atoms with Crippen molar-refractivity contribution in [2.45, 2.75) is 53.5 Å². The molecule has 1 nitrogen and oxygen atoms in total. The fraction of sp³-hybridized carbons (Fsp3) is 0.714. The first-order chi connectivity index (χ1) is 7.54. The average Bonchev–Trinajstić information content (AvgIpc) is 2.52. The Morgan fingerprint density at radius 2 is 2.00 bits per heavy atom. The number of hydrogen-bond donors (Lipinski definition) is 1. The van der Waals surface area contributed by atoms with Crippen molar-refractivity contribution in [3.63, 3.8) is 0 Å². The Kier molecular flexibility index (Phi) is 5.50.